The molecule has 5 nitrogen and oxygen atoms in total. The molecular formula is C17H27N3O2. The van der Waals surface area contributed by atoms with Gasteiger partial charge in [-0.15, -0.1) is 5.10 Å². The van der Waals surface area contributed by atoms with Gasteiger partial charge in [0.2, 0.25) is 0 Å². The lowest BCUT2D eigenvalue weighted by atomic mass is 9.96. The van der Waals surface area contributed by atoms with Crippen molar-refractivity contribution in [3.8, 4) is 0 Å². The quantitative estimate of drug-likeness (QED) is 0.415. The lowest BCUT2D eigenvalue weighted by molar-refractivity contribution is -0.137. The monoisotopic (exact) mass is 305 g/mol. The van der Waals surface area contributed by atoms with Crippen molar-refractivity contribution < 1.29 is 9.53 Å². The van der Waals surface area contributed by atoms with Crippen LogP contribution in [0, 0.1) is 0 Å². The Bertz CT molecular complexity index is 476. The van der Waals surface area contributed by atoms with Crippen molar-refractivity contribution in [2.75, 3.05) is 6.61 Å². The maximum Gasteiger partial charge on any atom is 0.330 e. The first-order chi connectivity index (χ1) is 10.8. The number of carbonyl (C=O) groups excluding carboxylic acids is 1. The smallest absolute Gasteiger partial charge is 0.330 e. The molecule has 0 aliphatic heterocycles. The van der Waals surface area contributed by atoms with Gasteiger partial charge in [-0.25, -0.2) is 9.48 Å². The number of aromatic nitrogens is 3. The predicted octanol–water partition coefficient (Wildman–Crippen LogP) is 3.92. The van der Waals surface area contributed by atoms with Crippen LogP contribution in [-0.2, 0) is 9.53 Å². The minimum atomic E-state index is -0.302. The molecule has 1 aromatic heterocycles. The van der Waals surface area contributed by atoms with Gasteiger partial charge in [0.25, 0.3) is 0 Å². The zero-order chi connectivity index (χ0) is 15.6. The zero-order valence-electron chi connectivity index (χ0n) is 13.5. The topological polar surface area (TPSA) is 57.0 Å². The number of esters is 1. The number of carbonyl (C=O) groups is 1. The van der Waals surface area contributed by atoms with Crippen LogP contribution in [0.25, 0.3) is 6.08 Å². The maximum absolute atomic E-state index is 11.6. The summed E-state index contributed by atoms with van der Waals surface area (Å²) in [6.45, 7) is 2.66. The number of ether oxygens (including phenoxy) is 1. The van der Waals surface area contributed by atoms with E-state index in [0.29, 0.717) is 18.3 Å². The van der Waals surface area contributed by atoms with Crippen molar-refractivity contribution in [1.29, 1.82) is 0 Å². The Morgan fingerprint density at radius 3 is 2.91 bits per heavy atom. The van der Waals surface area contributed by atoms with Crippen LogP contribution in [0.1, 0.15) is 76.4 Å². The van der Waals surface area contributed by atoms with Gasteiger partial charge in [-0.3, -0.25) is 0 Å². The third-order valence-electron chi connectivity index (χ3n) is 4.11. The minimum absolute atomic E-state index is 0.302. The first-order valence-electron chi connectivity index (χ1n) is 8.56. The Balaban J connectivity index is 1.73. The maximum atomic E-state index is 11.6. The molecule has 5 heteroatoms. The first kappa shape index (κ1) is 16.7. The highest BCUT2D eigenvalue weighted by Crippen LogP contribution is 2.27. The molecule has 1 fully saturated rings. The van der Waals surface area contributed by atoms with Gasteiger partial charge in [-0.2, -0.15) is 0 Å². The fourth-order valence-corrected chi connectivity index (χ4v) is 2.79. The summed E-state index contributed by atoms with van der Waals surface area (Å²) in [4.78, 5) is 11.6. The lowest BCUT2D eigenvalue weighted by Gasteiger charge is -2.20. The Kier molecular flexibility index (Phi) is 7.13. The number of hydrogen-bond donors (Lipinski definition) is 0. The molecule has 0 spiro atoms. The van der Waals surface area contributed by atoms with E-state index < -0.39 is 0 Å². The van der Waals surface area contributed by atoms with Crippen molar-refractivity contribution in [2.24, 2.45) is 0 Å². The molecule has 0 bridgehead atoms. The molecule has 0 radical (unpaired) electrons. The van der Waals surface area contributed by atoms with Crippen molar-refractivity contribution in [3.63, 3.8) is 0 Å². The second kappa shape index (κ2) is 9.38. The van der Waals surface area contributed by atoms with Crippen LogP contribution < -0.4 is 0 Å². The Morgan fingerprint density at radius 1 is 1.32 bits per heavy atom. The van der Waals surface area contributed by atoms with Crippen molar-refractivity contribution in [3.05, 3.63) is 18.0 Å². The zero-order valence-corrected chi connectivity index (χ0v) is 13.5. The standard InChI is InChI=1S/C17H27N3O2/c1-2-3-4-8-13-22-17(21)12-11-15-14-20(19-18-15)16-9-6-5-7-10-16/h11-12,14,16H,2-10,13H2,1H3. The predicted molar refractivity (Wildman–Crippen MR) is 86.3 cm³/mol. The average molecular weight is 305 g/mol. The highest BCUT2D eigenvalue weighted by Gasteiger charge is 2.16. The van der Waals surface area contributed by atoms with Crippen molar-refractivity contribution >= 4 is 12.0 Å². The second-order valence-electron chi connectivity index (χ2n) is 5.98. The van der Waals surface area contributed by atoms with E-state index >= 15 is 0 Å². The molecule has 0 aromatic carbocycles. The highest BCUT2D eigenvalue weighted by atomic mass is 16.5. The summed E-state index contributed by atoms with van der Waals surface area (Å²) in [6.07, 6.45) is 15.7. The Labute approximate surface area is 132 Å². The van der Waals surface area contributed by atoms with E-state index in [-0.39, 0.29) is 5.97 Å². The number of hydrogen-bond acceptors (Lipinski definition) is 4. The highest BCUT2D eigenvalue weighted by molar-refractivity contribution is 5.86. The van der Waals surface area contributed by atoms with Gasteiger partial charge >= 0.3 is 5.97 Å². The summed E-state index contributed by atoms with van der Waals surface area (Å²) >= 11 is 0. The summed E-state index contributed by atoms with van der Waals surface area (Å²) in [5.41, 5.74) is 0.716. The minimum Gasteiger partial charge on any atom is -0.463 e. The largest absolute Gasteiger partial charge is 0.463 e. The molecule has 122 valence electrons. The van der Waals surface area contributed by atoms with E-state index in [0.717, 1.165) is 12.8 Å². The molecule has 1 aliphatic carbocycles. The van der Waals surface area contributed by atoms with Gasteiger partial charge in [-0.05, 0) is 25.3 Å². The van der Waals surface area contributed by atoms with Crippen LogP contribution in [-0.4, -0.2) is 27.6 Å². The van der Waals surface area contributed by atoms with E-state index in [9.17, 15) is 4.79 Å². The van der Waals surface area contributed by atoms with E-state index in [2.05, 4.69) is 17.2 Å². The summed E-state index contributed by atoms with van der Waals surface area (Å²) in [5.74, 6) is -0.302. The summed E-state index contributed by atoms with van der Waals surface area (Å²) in [6, 6.07) is 0.467. The number of rotatable bonds is 8. The van der Waals surface area contributed by atoms with Crippen molar-refractivity contribution in [2.45, 2.75) is 70.8 Å². The molecule has 1 heterocycles. The molecule has 1 saturated carbocycles. The molecular weight excluding hydrogens is 278 g/mol. The molecule has 2 rings (SSSR count). The molecule has 1 aromatic rings. The third-order valence-corrected chi connectivity index (χ3v) is 4.11. The molecule has 0 amide bonds. The summed E-state index contributed by atoms with van der Waals surface area (Å²) in [5, 5.41) is 8.28. The third kappa shape index (κ3) is 5.62. The fourth-order valence-electron chi connectivity index (χ4n) is 2.79. The first-order valence-corrected chi connectivity index (χ1v) is 8.56. The van der Waals surface area contributed by atoms with Crippen LogP contribution >= 0.6 is 0 Å². The van der Waals surface area contributed by atoms with E-state index in [1.54, 1.807) is 6.08 Å². The van der Waals surface area contributed by atoms with Gasteiger partial charge in [0, 0.05) is 6.08 Å². The van der Waals surface area contributed by atoms with Crippen molar-refractivity contribution in [1.82, 2.24) is 15.0 Å². The van der Waals surface area contributed by atoms with E-state index in [1.807, 2.05) is 10.9 Å². The fraction of sp³-hybridized carbons (Fsp3) is 0.706. The summed E-state index contributed by atoms with van der Waals surface area (Å²) in [7, 11) is 0. The molecule has 0 saturated heterocycles. The normalized spacial score (nSPS) is 16.2. The molecule has 1 aliphatic rings. The SMILES string of the molecule is CCCCCCOC(=O)C=Cc1cn(C2CCCCC2)nn1. The molecule has 22 heavy (non-hydrogen) atoms. The van der Waals surface area contributed by atoms with E-state index in [4.69, 9.17) is 4.74 Å². The van der Waals surface area contributed by atoms with Gasteiger partial charge in [0.05, 0.1) is 18.8 Å². The van der Waals surface area contributed by atoms with Gasteiger partial charge in [0.15, 0.2) is 0 Å². The van der Waals surface area contributed by atoms with Crippen LogP contribution in [0.2, 0.25) is 0 Å². The molecule has 0 N–H and O–H groups in total. The summed E-state index contributed by atoms with van der Waals surface area (Å²) < 4.78 is 7.09. The second-order valence-corrected chi connectivity index (χ2v) is 5.98. The van der Waals surface area contributed by atoms with E-state index in [1.165, 1.54) is 51.0 Å². The molecule has 0 unspecified atom stereocenters. The van der Waals surface area contributed by atoms with Gasteiger partial charge < -0.3 is 4.74 Å². The number of unbranched alkanes of at least 4 members (excludes halogenated alkanes) is 3. The van der Waals surface area contributed by atoms with Gasteiger partial charge in [0.1, 0.15) is 5.69 Å². The van der Waals surface area contributed by atoms with Crippen LogP contribution in [0.5, 0.6) is 0 Å². The average Bonchev–Trinajstić information content (AvgIpc) is 3.02. The lowest BCUT2D eigenvalue weighted by Crippen LogP contribution is -2.13. The van der Waals surface area contributed by atoms with Crippen LogP contribution in [0.4, 0.5) is 0 Å². The molecule has 0 atom stereocenters. The number of nitrogens with zero attached hydrogens (tertiary/aromatic N) is 3. The van der Waals surface area contributed by atoms with Crippen LogP contribution in [0.15, 0.2) is 12.3 Å². The Morgan fingerprint density at radius 2 is 2.14 bits per heavy atom. The van der Waals surface area contributed by atoms with Crippen LogP contribution in [0.3, 0.4) is 0 Å². The Hall–Kier alpha value is -1.65. The van der Waals surface area contributed by atoms with Gasteiger partial charge in [-0.1, -0.05) is 50.7 Å².